The number of hydrogen-bond donors (Lipinski definition) is 1. The molecular weight excluding hydrogens is 282 g/mol. The fraction of sp³-hybridized carbons (Fsp3) is 0.647. The SMILES string of the molecule is COc1ccc(C2(C)CCCN2)cc1OC1CCSCC1. The highest BCUT2D eigenvalue weighted by atomic mass is 32.2. The first-order valence-electron chi connectivity index (χ1n) is 7.89. The number of rotatable bonds is 4. The van der Waals surface area contributed by atoms with Crippen molar-refractivity contribution in [1.29, 1.82) is 0 Å². The van der Waals surface area contributed by atoms with Gasteiger partial charge in [0.25, 0.3) is 0 Å². The van der Waals surface area contributed by atoms with Gasteiger partial charge in [0.1, 0.15) is 6.10 Å². The van der Waals surface area contributed by atoms with E-state index in [0.717, 1.165) is 30.9 Å². The van der Waals surface area contributed by atoms with Crippen LogP contribution in [0.25, 0.3) is 0 Å². The molecule has 3 rings (SSSR count). The van der Waals surface area contributed by atoms with Crippen LogP contribution in [0.4, 0.5) is 0 Å². The van der Waals surface area contributed by atoms with Gasteiger partial charge in [0.2, 0.25) is 0 Å². The van der Waals surface area contributed by atoms with Crippen LogP contribution in [0.3, 0.4) is 0 Å². The highest BCUT2D eigenvalue weighted by Gasteiger charge is 2.31. The van der Waals surface area contributed by atoms with Crippen molar-refractivity contribution in [3.63, 3.8) is 0 Å². The molecule has 1 unspecified atom stereocenters. The third-order valence-corrected chi connectivity index (χ3v) is 5.68. The molecule has 2 aliphatic heterocycles. The van der Waals surface area contributed by atoms with E-state index in [1.54, 1.807) is 7.11 Å². The van der Waals surface area contributed by atoms with E-state index >= 15 is 0 Å². The monoisotopic (exact) mass is 307 g/mol. The Hall–Kier alpha value is -0.870. The summed E-state index contributed by atoms with van der Waals surface area (Å²) in [4.78, 5) is 0. The maximum Gasteiger partial charge on any atom is 0.161 e. The second-order valence-electron chi connectivity index (χ2n) is 6.16. The Morgan fingerprint density at radius 1 is 1.24 bits per heavy atom. The van der Waals surface area contributed by atoms with Gasteiger partial charge in [-0.25, -0.2) is 0 Å². The van der Waals surface area contributed by atoms with Crippen molar-refractivity contribution in [2.24, 2.45) is 0 Å². The zero-order valence-electron chi connectivity index (χ0n) is 13.0. The molecule has 2 heterocycles. The summed E-state index contributed by atoms with van der Waals surface area (Å²) < 4.78 is 11.7. The van der Waals surface area contributed by atoms with E-state index < -0.39 is 0 Å². The molecule has 0 amide bonds. The standard InChI is InChI=1S/C17H25NO2S/c1-17(8-3-9-18-17)13-4-5-15(19-2)16(12-13)20-14-6-10-21-11-7-14/h4-5,12,14,18H,3,6-11H2,1-2H3. The Labute approximate surface area is 131 Å². The van der Waals surface area contributed by atoms with E-state index in [2.05, 4.69) is 24.4 Å². The zero-order valence-corrected chi connectivity index (χ0v) is 13.8. The van der Waals surface area contributed by atoms with E-state index in [0.29, 0.717) is 6.10 Å². The molecule has 116 valence electrons. The molecular formula is C17H25NO2S. The molecule has 1 aromatic carbocycles. The molecule has 2 saturated heterocycles. The van der Waals surface area contributed by atoms with Crippen LogP contribution in [0.1, 0.15) is 38.2 Å². The summed E-state index contributed by atoms with van der Waals surface area (Å²) in [5.41, 5.74) is 1.38. The predicted molar refractivity (Wildman–Crippen MR) is 88.6 cm³/mol. The summed E-state index contributed by atoms with van der Waals surface area (Å²) in [6, 6.07) is 6.40. The second kappa shape index (κ2) is 6.49. The van der Waals surface area contributed by atoms with Gasteiger partial charge in [-0.15, -0.1) is 0 Å². The average molecular weight is 307 g/mol. The van der Waals surface area contributed by atoms with Crippen LogP contribution in [0, 0.1) is 0 Å². The zero-order chi connectivity index (χ0) is 14.7. The lowest BCUT2D eigenvalue weighted by molar-refractivity contribution is 0.184. The molecule has 0 spiro atoms. The summed E-state index contributed by atoms with van der Waals surface area (Å²) in [5, 5.41) is 3.62. The van der Waals surface area contributed by atoms with Gasteiger partial charge >= 0.3 is 0 Å². The van der Waals surface area contributed by atoms with Gasteiger partial charge in [-0.3, -0.25) is 0 Å². The van der Waals surface area contributed by atoms with Crippen molar-refractivity contribution in [3.8, 4) is 11.5 Å². The van der Waals surface area contributed by atoms with Crippen molar-refractivity contribution < 1.29 is 9.47 Å². The lowest BCUT2D eigenvalue weighted by Gasteiger charge is -2.28. The van der Waals surface area contributed by atoms with Gasteiger partial charge < -0.3 is 14.8 Å². The fourth-order valence-corrected chi connectivity index (χ4v) is 4.29. The van der Waals surface area contributed by atoms with Crippen molar-refractivity contribution in [2.75, 3.05) is 25.2 Å². The maximum atomic E-state index is 6.26. The quantitative estimate of drug-likeness (QED) is 0.921. The minimum atomic E-state index is 0.0762. The van der Waals surface area contributed by atoms with Crippen LogP contribution in [0.15, 0.2) is 18.2 Å². The predicted octanol–water partition coefficient (Wildman–Crippen LogP) is 3.57. The molecule has 1 aromatic rings. The minimum Gasteiger partial charge on any atom is -0.493 e. The normalized spacial score (nSPS) is 26.8. The van der Waals surface area contributed by atoms with Gasteiger partial charge in [-0.05, 0) is 68.4 Å². The van der Waals surface area contributed by atoms with Crippen molar-refractivity contribution in [1.82, 2.24) is 5.32 Å². The summed E-state index contributed by atoms with van der Waals surface area (Å²) in [6.07, 6.45) is 5.01. The third kappa shape index (κ3) is 3.32. The molecule has 2 fully saturated rings. The Morgan fingerprint density at radius 3 is 2.71 bits per heavy atom. The fourth-order valence-electron chi connectivity index (χ4n) is 3.23. The molecule has 3 nitrogen and oxygen atoms in total. The van der Waals surface area contributed by atoms with Crippen molar-refractivity contribution in [2.45, 2.75) is 44.2 Å². The lowest BCUT2D eigenvalue weighted by Crippen LogP contribution is -2.33. The van der Waals surface area contributed by atoms with E-state index in [1.165, 1.54) is 29.9 Å². The van der Waals surface area contributed by atoms with Crippen molar-refractivity contribution >= 4 is 11.8 Å². The van der Waals surface area contributed by atoms with Crippen LogP contribution in [0.2, 0.25) is 0 Å². The Kier molecular flexibility index (Phi) is 4.65. The van der Waals surface area contributed by atoms with Crippen LogP contribution in [-0.2, 0) is 5.54 Å². The van der Waals surface area contributed by atoms with Crippen molar-refractivity contribution in [3.05, 3.63) is 23.8 Å². The first kappa shape index (κ1) is 15.0. The average Bonchev–Trinajstić information content (AvgIpc) is 2.96. The lowest BCUT2D eigenvalue weighted by atomic mass is 9.90. The first-order chi connectivity index (χ1) is 10.2. The van der Waals surface area contributed by atoms with Crippen LogP contribution >= 0.6 is 11.8 Å². The molecule has 0 aliphatic carbocycles. The van der Waals surface area contributed by atoms with Crippen LogP contribution < -0.4 is 14.8 Å². The Bertz CT molecular complexity index is 480. The van der Waals surface area contributed by atoms with Gasteiger partial charge in [0.05, 0.1) is 7.11 Å². The highest BCUT2D eigenvalue weighted by molar-refractivity contribution is 7.99. The summed E-state index contributed by atoms with van der Waals surface area (Å²) >= 11 is 2.02. The molecule has 0 aromatic heterocycles. The molecule has 21 heavy (non-hydrogen) atoms. The number of ether oxygens (including phenoxy) is 2. The number of hydrogen-bond acceptors (Lipinski definition) is 4. The minimum absolute atomic E-state index is 0.0762. The molecule has 4 heteroatoms. The summed E-state index contributed by atoms with van der Waals surface area (Å²) in [5.74, 6) is 4.15. The van der Waals surface area contributed by atoms with Crippen LogP contribution in [-0.4, -0.2) is 31.3 Å². The van der Waals surface area contributed by atoms with Crippen LogP contribution in [0.5, 0.6) is 11.5 Å². The van der Waals surface area contributed by atoms with E-state index in [1.807, 2.05) is 17.8 Å². The van der Waals surface area contributed by atoms with Gasteiger partial charge in [-0.2, -0.15) is 11.8 Å². The number of benzene rings is 1. The maximum absolute atomic E-state index is 6.26. The van der Waals surface area contributed by atoms with E-state index in [-0.39, 0.29) is 5.54 Å². The second-order valence-corrected chi connectivity index (χ2v) is 7.38. The topological polar surface area (TPSA) is 30.5 Å². The largest absolute Gasteiger partial charge is 0.493 e. The smallest absolute Gasteiger partial charge is 0.161 e. The first-order valence-corrected chi connectivity index (χ1v) is 9.05. The third-order valence-electron chi connectivity index (χ3n) is 4.63. The number of nitrogens with one attached hydrogen (secondary N) is 1. The highest BCUT2D eigenvalue weighted by Crippen LogP contribution is 2.37. The van der Waals surface area contributed by atoms with E-state index in [9.17, 15) is 0 Å². The molecule has 1 atom stereocenters. The molecule has 2 aliphatic rings. The summed E-state index contributed by atoms with van der Waals surface area (Å²) in [6.45, 7) is 3.38. The number of thioether (sulfide) groups is 1. The van der Waals surface area contributed by atoms with Gasteiger partial charge in [0, 0.05) is 5.54 Å². The van der Waals surface area contributed by atoms with E-state index in [4.69, 9.17) is 9.47 Å². The van der Waals surface area contributed by atoms with Gasteiger partial charge in [0.15, 0.2) is 11.5 Å². The Morgan fingerprint density at radius 2 is 2.05 bits per heavy atom. The molecule has 0 radical (unpaired) electrons. The molecule has 1 N–H and O–H groups in total. The molecule has 0 saturated carbocycles. The summed E-state index contributed by atoms with van der Waals surface area (Å²) in [7, 11) is 1.72. The number of methoxy groups -OCH3 is 1. The van der Waals surface area contributed by atoms with Gasteiger partial charge in [-0.1, -0.05) is 6.07 Å². The Balaban J connectivity index is 1.82. The molecule has 0 bridgehead atoms.